The minimum Gasteiger partial charge on any atom is -0.448 e. The first-order valence-corrected chi connectivity index (χ1v) is 5.12. The molecule has 2 rings (SSSR count). The molecule has 0 saturated heterocycles. The lowest BCUT2D eigenvalue weighted by Gasteiger charge is -2.20. The smallest absolute Gasteiger partial charge is 0.340 e. The number of nitro benzene ring substituents is 1. The van der Waals surface area contributed by atoms with Crippen LogP contribution in [0.1, 0.15) is 17.3 Å². The Morgan fingerprint density at radius 2 is 2.27 bits per heavy atom. The van der Waals surface area contributed by atoms with Gasteiger partial charge in [0.1, 0.15) is 10.3 Å². The SMILES string of the molecule is CC1OC(=O)c2cccc([N+](=O)[O-])c2S1. The minimum atomic E-state index is -0.500. The molecule has 15 heavy (non-hydrogen) atoms. The van der Waals surface area contributed by atoms with Gasteiger partial charge >= 0.3 is 5.97 Å². The zero-order valence-electron chi connectivity index (χ0n) is 7.80. The number of carbonyl (C=O) groups is 1. The number of nitro groups is 1. The van der Waals surface area contributed by atoms with Crippen molar-refractivity contribution >= 4 is 23.4 Å². The maximum Gasteiger partial charge on any atom is 0.340 e. The van der Waals surface area contributed by atoms with Gasteiger partial charge in [0.05, 0.1) is 10.5 Å². The Bertz CT molecular complexity index is 431. The van der Waals surface area contributed by atoms with Crippen LogP contribution in [0.15, 0.2) is 23.1 Å². The van der Waals surface area contributed by atoms with E-state index in [-0.39, 0.29) is 16.7 Å². The van der Waals surface area contributed by atoms with Gasteiger partial charge in [-0.1, -0.05) is 17.8 Å². The highest BCUT2D eigenvalue weighted by Gasteiger charge is 2.30. The summed E-state index contributed by atoms with van der Waals surface area (Å²) in [6.45, 7) is 1.68. The molecule has 1 aliphatic rings. The van der Waals surface area contributed by atoms with Gasteiger partial charge in [0.15, 0.2) is 0 Å². The molecule has 1 aliphatic heterocycles. The number of fused-ring (bicyclic) bond motifs is 1. The molecule has 0 aliphatic carbocycles. The van der Waals surface area contributed by atoms with Crippen molar-refractivity contribution in [1.82, 2.24) is 0 Å². The molecule has 1 heterocycles. The molecular formula is C9H7NO4S. The van der Waals surface area contributed by atoms with Gasteiger partial charge in [-0.25, -0.2) is 4.79 Å². The Labute approximate surface area is 89.6 Å². The van der Waals surface area contributed by atoms with Gasteiger partial charge in [0, 0.05) is 6.07 Å². The van der Waals surface area contributed by atoms with Crippen molar-refractivity contribution in [1.29, 1.82) is 0 Å². The number of esters is 1. The molecule has 1 unspecified atom stereocenters. The maximum atomic E-state index is 11.4. The highest BCUT2D eigenvalue weighted by atomic mass is 32.2. The lowest BCUT2D eigenvalue weighted by molar-refractivity contribution is -0.387. The summed E-state index contributed by atoms with van der Waals surface area (Å²) in [4.78, 5) is 22.0. The van der Waals surface area contributed by atoms with Crippen LogP contribution in [-0.4, -0.2) is 16.3 Å². The number of benzene rings is 1. The monoisotopic (exact) mass is 225 g/mol. The van der Waals surface area contributed by atoms with Gasteiger partial charge in [-0.2, -0.15) is 0 Å². The highest BCUT2D eigenvalue weighted by molar-refractivity contribution is 8.00. The number of rotatable bonds is 1. The number of hydrogen-bond acceptors (Lipinski definition) is 5. The fourth-order valence-corrected chi connectivity index (χ4v) is 2.37. The number of nitrogens with zero attached hydrogens (tertiary/aromatic N) is 1. The first kappa shape index (κ1) is 9.97. The van der Waals surface area contributed by atoms with E-state index in [4.69, 9.17) is 4.74 Å². The first-order valence-electron chi connectivity index (χ1n) is 4.24. The lowest BCUT2D eigenvalue weighted by atomic mass is 10.2. The third-order valence-electron chi connectivity index (χ3n) is 1.97. The normalized spacial score (nSPS) is 19.3. The van der Waals surface area contributed by atoms with E-state index in [1.807, 2.05) is 0 Å². The molecule has 0 bridgehead atoms. The molecule has 1 aromatic rings. The van der Waals surface area contributed by atoms with E-state index in [0.29, 0.717) is 4.90 Å². The van der Waals surface area contributed by atoms with Crippen LogP contribution in [0, 0.1) is 10.1 Å². The number of thioether (sulfide) groups is 1. The summed E-state index contributed by atoms with van der Waals surface area (Å²) in [6.07, 6.45) is 0. The third kappa shape index (κ3) is 1.68. The molecule has 1 atom stereocenters. The Kier molecular flexibility index (Phi) is 2.36. The van der Waals surface area contributed by atoms with Crippen LogP contribution in [0.25, 0.3) is 0 Å². The topological polar surface area (TPSA) is 69.4 Å². The molecule has 0 saturated carbocycles. The number of cyclic esters (lactones) is 1. The van der Waals surface area contributed by atoms with Crippen molar-refractivity contribution in [3.63, 3.8) is 0 Å². The van der Waals surface area contributed by atoms with E-state index in [1.165, 1.54) is 30.0 Å². The molecule has 0 radical (unpaired) electrons. The van der Waals surface area contributed by atoms with Crippen molar-refractivity contribution in [2.45, 2.75) is 17.3 Å². The molecule has 0 spiro atoms. The van der Waals surface area contributed by atoms with Gasteiger partial charge in [-0.3, -0.25) is 10.1 Å². The average molecular weight is 225 g/mol. The van der Waals surface area contributed by atoms with E-state index < -0.39 is 10.9 Å². The summed E-state index contributed by atoms with van der Waals surface area (Å²) in [5, 5.41) is 10.7. The quantitative estimate of drug-likeness (QED) is 0.416. The van der Waals surface area contributed by atoms with Crippen molar-refractivity contribution in [2.75, 3.05) is 0 Å². The largest absolute Gasteiger partial charge is 0.448 e. The summed E-state index contributed by atoms with van der Waals surface area (Å²) < 4.78 is 4.95. The van der Waals surface area contributed by atoms with Gasteiger partial charge in [-0.15, -0.1) is 0 Å². The second-order valence-electron chi connectivity index (χ2n) is 3.00. The van der Waals surface area contributed by atoms with E-state index in [0.717, 1.165) is 0 Å². The number of carbonyl (C=O) groups excluding carboxylic acids is 1. The molecule has 0 N–H and O–H groups in total. The van der Waals surface area contributed by atoms with Crippen molar-refractivity contribution < 1.29 is 14.5 Å². The predicted octanol–water partition coefficient (Wildman–Crippen LogP) is 2.20. The Balaban J connectivity index is 2.59. The second kappa shape index (κ2) is 3.54. The maximum absolute atomic E-state index is 11.4. The number of ether oxygens (including phenoxy) is 1. The van der Waals surface area contributed by atoms with Gasteiger partial charge in [-0.05, 0) is 13.0 Å². The molecule has 78 valence electrons. The van der Waals surface area contributed by atoms with Crippen molar-refractivity contribution in [3.05, 3.63) is 33.9 Å². The number of hydrogen-bond donors (Lipinski definition) is 0. The standard InChI is InChI=1S/C9H7NO4S/c1-5-14-9(11)6-3-2-4-7(10(12)13)8(6)15-5/h2-5H,1H3. The third-order valence-corrected chi connectivity index (χ3v) is 3.06. The van der Waals surface area contributed by atoms with Crippen LogP contribution < -0.4 is 0 Å². The fourth-order valence-electron chi connectivity index (χ4n) is 1.36. The van der Waals surface area contributed by atoms with Gasteiger partial charge in [0.25, 0.3) is 5.69 Å². The highest BCUT2D eigenvalue weighted by Crippen LogP contribution is 2.39. The summed E-state index contributed by atoms with van der Waals surface area (Å²) in [6, 6.07) is 4.40. The van der Waals surface area contributed by atoms with Gasteiger partial charge in [0.2, 0.25) is 0 Å². The Morgan fingerprint density at radius 3 is 2.93 bits per heavy atom. The summed E-state index contributed by atoms with van der Waals surface area (Å²) >= 11 is 1.19. The Hall–Kier alpha value is -1.56. The summed E-state index contributed by atoms with van der Waals surface area (Å²) in [5.41, 5.74) is -0.153. The van der Waals surface area contributed by atoms with Crippen LogP contribution in [0.3, 0.4) is 0 Å². The summed E-state index contributed by atoms with van der Waals surface area (Å²) in [5.74, 6) is -0.500. The molecule has 0 amide bonds. The van der Waals surface area contributed by atoms with Crippen LogP contribution >= 0.6 is 11.8 Å². The molecule has 1 aromatic carbocycles. The molecule has 0 fully saturated rings. The van der Waals surface area contributed by atoms with Crippen LogP contribution in [-0.2, 0) is 4.74 Å². The molecular weight excluding hydrogens is 218 g/mol. The van der Waals surface area contributed by atoms with E-state index >= 15 is 0 Å². The van der Waals surface area contributed by atoms with Crippen LogP contribution in [0.2, 0.25) is 0 Å². The zero-order chi connectivity index (χ0) is 11.0. The summed E-state index contributed by atoms with van der Waals surface area (Å²) in [7, 11) is 0. The minimum absolute atomic E-state index is 0.0407. The molecule has 6 heteroatoms. The Morgan fingerprint density at radius 1 is 1.53 bits per heavy atom. The van der Waals surface area contributed by atoms with Gasteiger partial charge < -0.3 is 4.74 Å². The van der Waals surface area contributed by atoms with E-state index in [2.05, 4.69) is 0 Å². The van der Waals surface area contributed by atoms with E-state index in [1.54, 1.807) is 6.92 Å². The first-order chi connectivity index (χ1) is 7.09. The predicted molar refractivity (Wildman–Crippen MR) is 53.8 cm³/mol. The average Bonchev–Trinajstić information content (AvgIpc) is 2.16. The molecule has 0 aromatic heterocycles. The fraction of sp³-hybridized carbons (Fsp3) is 0.222. The van der Waals surface area contributed by atoms with Crippen molar-refractivity contribution in [2.24, 2.45) is 0 Å². The lowest BCUT2D eigenvalue weighted by Crippen LogP contribution is -2.18. The van der Waals surface area contributed by atoms with Crippen LogP contribution in [0.5, 0.6) is 0 Å². The van der Waals surface area contributed by atoms with Crippen molar-refractivity contribution in [3.8, 4) is 0 Å². The van der Waals surface area contributed by atoms with Crippen LogP contribution in [0.4, 0.5) is 5.69 Å². The second-order valence-corrected chi connectivity index (χ2v) is 4.31. The van der Waals surface area contributed by atoms with E-state index in [9.17, 15) is 14.9 Å². The zero-order valence-corrected chi connectivity index (χ0v) is 8.61. The molecule has 5 nitrogen and oxygen atoms in total.